The monoisotopic (exact) mass is 230 g/mol. The van der Waals surface area contributed by atoms with Crippen LogP contribution in [0.3, 0.4) is 0 Å². The second kappa shape index (κ2) is 3.32. The van der Waals surface area contributed by atoms with Gasteiger partial charge in [0.2, 0.25) is 0 Å². The molecule has 0 N–H and O–H groups in total. The minimum absolute atomic E-state index is 0.0944. The van der Waals surface area contributed by atoms with Crippen LogP contribution in [0.25, 0.3) is 16.6 Å². The molecule has 3 rings (SSSR count). The van der Waals surface area contributed by atoms with Gasteiger partial charge in [-0.1, -0.05) is 23.7 Å². The number of hydrogen-bond donors (Lipinski definition) is 0. The number of fused-ring (bicyclic) bond motifs is 2. The van der Waals surface area contributed by atoms with Crippen LogP contribution in [0.4, 0.5) is 0 Å². The number of benzene rings is 1. The first kappa shape index (κ1) is 9.36. The molecule has 0 saturated carbocycles. The van der Waals surface area contributed by atoms with Crippen molar-refractivity contribution in [1.82, 2.24) is 9.38 Å². The standard InChI is InChI=1S/C12H7ClN2O/c13-8-5-6-11-14-10-4-2-1-3-9(10)12(16)15(11)7-8/h1-7H. The van der Waals surface area contributed by atoms with Gasteiger partial charge in [-0.2, -0.15) is 0 Å². The Labute approximate surface area is 95.9 Å². The largest absolute Gasteiger partial charge is 0.268 e. The highest BCUT2D eigenvalue weighted by Gasteiger charge is 2.04. The Morgan fingerprint density at radius 3 is 2.81 bits per heavy atom. The average Bonchev–Trinajstić information content (AvgIpc) is 2.31. The number of hydrogen-bond acceptors (Lipinski definition) is 2. The number of rotatable bonds is 0. The maximum absolute atomic E-state index is 12.1. The first-order chi connectivity index (χ1) is 7.75. The predicted octanol–water partition coefficient (Wildman–Crippen LogP) is 2.50. The molecule has 0 aliphatic carbocycles. The molecule has 0 unspecified atom stereocenters. The highest BCUT2D eigenvalue weighted by molar-refractivity contribution is 6.30. The third-order valence-corrected chi connectivity index (χ3v) is 2.70. The third-order valence-electron chi connectivity index (χ3n) is 2.48. The lowest BCUT2D eigenvalue weighted by Crippen LogP contribution is -2.14. The van der Waals surface area contributed by atoms with Crippen LogP contribution in [0.5, 0.6) is 0 Å². The Balaban J connectivity index is 2.61. The average molecular weight is 231 g/mol. The van der Waals surface area contributed by atoms with Gasteiger partial charge >= 0.3 is 0 Å². The van der Waals surface area contributed by atoms with Gasteiger partial charge in [0.25, 0.3) is 5.56 Å². The zero-order chi connectivity index (χ0) is 11.1. The summed E-state index contributed by atoms with van der Waals surface area (Å²) in [4.78, 5) is 16.5. The van der Waals surface area contributed by atoms with Gasteiger partial charge in [0.15, 0.2) is 0 Å². The van der Waals surface area contributed by atoms with E-state index in [1.54, 1.807) is 24.4 Å². The molecule has 0 fully saturated rings. The summed E-state index contributed by atoms with van der Waals surface area (Å²) in [6, 6.07) is 10.7. The summed E-state index contributed by atoms with van der Waals surface area (Å²) in [5.41, 5.74) is 1.21. The molecule has 78 valence electrons. The number of para-hydroxylation sites is 1. The summed E-state index contributed by atoms with van der Waals surface area (Å²) >= 11 is 5.85. The number of pyridine rings is 1. The van der Waals surface area contributed by atoms with Crippen molar-refractivity contribution in [3.8, 4) is 0 Å². The highest BCUT2D eigenvalue weighted by Crippen LogP contribution is 2.12. The van der Waals surface area contributed by atoms with Crippen LogP contribution in [-0.4, -0.2) is 9.38 Å². The van der Waals surface area contributed by atoms with Gasteiger partial charge in [-0.05, 0) is 24.3 Å². The minimum atomic E-state index is -0.0944. The lowest BCUT2D eigenvalue weighted by atomic mass is 10.2. The molecule has 0 atom stereocenters. The predicted molar refractivity (Wildman–Crippen MR) is 64.0 cm³/mol. The smallest absolute Gasteiger partial charge is 0.265 e. The summed E-state index contributed by atoms with van der Waals surface area (Å²) in [6.07, 6.45) is 1.58. The first-order valence-electron chi connectivity index (χ1n) is 4.82. The number of halogens is 1. The Kier molecular flexibility index (Phi) is 1.94. The zero-order valence-corrected chi connectivity index (χ0v) is 8.98. The Morgan fingerprint density at radius 1 is 1.12 bits per heavy atom. The molecule has 0 aliphatic rings. The fraction of sp³-hybridized carbons (Fsp3) is 0. The van der Waals surface area contributed by atoms with Crippen LogP contribution in [0, 0.1) is 0 Å². The Hall–Kier alpha value is -1.87. The van der Waals surface area contributed by atoms with Gasteiger partial charge in [-0.3, -0.25) is 9.20 Å². The molecule has 0 saturated heterocycles. The lowest BCUT2D eigenvalue weighted by Gasteiger charge is -2.02. The van der Waals surface area contributed by atoms with E-state index in [9.17, 15) is 4.79 Å². The van der Waals surface area contributed by atoms with Crippen molar-refractivity contribution in [3.63, 3.8) is 0 Å². The van der Waals surface area contributed by atoms with E-state index >= 15 is 0 Å². The van der Waals surface area contributed by atoms with Crippen LogP contribution in [0.1, 0.15) is 0 Å². The van der Waals surface area contributed by atoms with Crippen molar-refractivity contribution in [2.75, 3.05) is 0 Å². The SMILES string of the molecule is O=c1c2ccccc2nc2ccc(Cl)cn12. The lowest BCUT2D eigenvalue weighted by molar-refractivity contribution is 1.08. The van der Waals surface area contributed by atoms with Crippen molar-refractivity contribution >= 4 is 28.2 Å². The molecule has 0 amide bonds. The molecule has 0 spiro atoms. The van der Waals surface area contributed by atoms with Gasteiger partial charge in [-0.25, -0.2) is 4.98 Å². The summed E-state index contributed by atoms with van der Waals surface area (Å²) < 4.78 is 1.46. The van der Waals surface area contributed by atoms with Crippen molar-refractivity contribution in [3.05, 3.63) is 58.0 Å². The van der Waals surface area contributed by atoms with E-state index in [0.717, 1.165) is 0 Å². The van der Waals surface area contributed by atoms with Gasteiger partial charge in [0.1, 0.15) is 5.65 Å². The molecule has 3 aromatic rings. The molecule has 0 radical (unpaired) electrons. The topological polar surface area (TPSA) is 34.4 Å². The van der Waals surface area contributed by atoms with E-state index in [0.29, 0.717) is 21.6 Å². The molecule has 4 heteroatoms. The van der Waals surface area contributed by atoms with E-state index in [-0.39, 0.29) is 5.56 Å². The van der Waals surface area contributed by atoms with E-state index < -0.39 is 0 Å². The molecular weight excluding hydrogens is 224 g/mol. The van der Waals surface area contributed by atoms with E-state index in [1.807, 2.05) is 18.2 Å². The Bertz CT molecular complexity index is 749. The molecule has 0 bridgehead atoms. The molecule has 2 aromatic heterocycles. The molecular formula is C12H7ClN2O. The van der Waals surface area contributed by atoms with Crippen LogP contribution in [0.2, 0.25) is 5.02 Å². The highest BCUT2D eigenvalue weighted by atomic mass is 35.5. The van der Waals surface area contributed by atoms with Crippen molar-refractivity contribution in [2.24, 2.45) is 0 Å². The summed E-state index contributed by atoms with van der Waals surface area (Å²) in [5, 5.41) is 1.12. The normalized spacial score (nSPS) is 11.1. The number of nitrogens with zero attached hydrogens (tertiary/aromatic N) is 2. The summed E-state index contributed by atoms with van der Waals surface area (Å²) in [7, 11) is 0. The maximum Gasteiger partial charge on any atom is 0.265 e. The number of aromatic nitrogens is 2. The fourth-order valence-corrected chi connectivity index (χ4v) is 1.89. The first-order valence-corrected chi connectivity index (χ1v) is 5.20. The maximum atomic E-state index is 12.1. The molecule has 3 nitrogen and oxygen atoms in total. The van der Waals surface area contributed by atoms with Crippen LogP contribution in [-0.2, 0) is 0 Å². The van der Waals surface area contributed by atoms with Crippen LogP contribution >= 0.6 is 11.6 Å². The second-order valence-corrected chi connectivity index (χ2v) is 3.95. The van der Waals surface area contributed by atoms with Crippen molar-refractivity contribution < 1.29 is 0 Å². The van der Waals surface area contributed by atoms with Gasteiger partial charge in [0, 0.05) is 6.20 Å². The fourth-order valence-electron chi connectivity index (χ4n) is 1.73. The van der Waals surface area contributed by atoms with E-state index in [2.05, 4.69) is 4.98 Å². The quantitative estimate of drug-likeness (QED) is 0.556. The summed E-state index contributed by atoms with van der Waals surface area (Å²) in [5.74, 6) is 0. The molecule has 16 heavy (non-hydrogen) atoms. The third kappa shape index (κ3) is 1.29. The molecule has 0 aliphatic heterocycles. The summed E-state index contributed by atoms with van der Waals surface area (Å²) in [6.45, 7) is 0. The van der Waals surface area contributed by atoms with E-state index in [4.69, 9.17) is 11.6 Å². The Morgan fingerprint density at radius 2 is 1.94 bits per heavy atom. The van der Waals surface area contributed by atoms with Gasteiger partial charge < -0.3 is 0 Å². The van der Waals surface area contributed by atoms with Crippen molar-refractivity contribution in [1.29, 1.82) is 0 Å². The zero-order valence-electron chi connectivity index (χ0n) is 8.22. The van der Waals surface area contributed by atoms with Gasteiger partial charge in [0.05, 0.1) is 15.9 Å². The van der Waals surface area contributed by atoms with Crippen LogP contribution in [0.15, 0.2) is 47.4 Å². The second-order valence-electron chi connectivity index (χ2n) is 3.51. The van der Waals surface area contributed by atoms with Gasteiger partial charge in [-0.15, -0.1) is 0 Å². The minimum Gasteiger partial charge on any atom is -0.268 e. The molecule has 1 aromatic carbocycles. The molecule has 2 heterocycles. The van der Waals surface area contributed by atoms with E-state index in [1.165, 1.54) is 4.40 Å². The van der Waals surface area contributed by atoms with Crippen LogP contribution < -0.4 is 5.56 Å². The van der Waals surface area contributed by atoms with Crippen molar-refractivity contribution in [2.45, 2.75) is 0 Å².